The first-order valence-electron chi connectivity index (χ1n) is 6.54. The van der Waals surface area contributed by atoms with Crippen molar-refractivity contribution in [1.29, 1.82) is 0 Å². The van der Waals surface area contributed by atoms with Crippen LogP contribution in [-0.4, -0.2) is 13.2 Å². The molecule has 0 radical (unpaired) electrons. The average Bonchev–Trinajstić information content (AvgIpc) is 2.69. The molecular weight excluding hydrogens is 386 g/mol. The summed E-state index contributed by atoms with van der Waals surface area (Å²) >= 11 is 1.91. The number of hydrogen-bond acceptors (Lipinski definition) is 4. The Balaban J connectivity index is 1.88. The van der Waals surface area contributed by atoms with Gasteiger partial charge in [-0.1, -0.05) is 0 Å². The van der Waals surface area contributed by atoms with E-state index in [-0.39, 0.29) is 5.82 Å². The Labute approximate surface area is 135 Å². The van der Waals surface area contributed by atoms with Gasteiger partial charge in [0.15, 0.2) is 11.5 Å². The molecule has 0 bridgehead atoms. The van der Waals surface area contributed by atoms with Crippen LogP contribution in [-0.2, 0) is 0 Å². The van der Waals surface area contributed by atoms with Gasteiger partial charge in [0.05, 0.1) is 28.2 Å². The minimum Gasteiger partial charge on any atom is -0.490 e. The van der Waals surface area contributed by atoms with E-state index >= 15 is 0 Å². The average molecular weight is 400 g/mol. The van der Waals surface area contributed by atoms with Gasteiger partial charge in [-0.05, 0) is 40.8 Å². The van der Waals surface area contributed by atoms with E-state index in [0.717, 1.165) is 17.9 Å². The molecule has 4 nitrogen and oxygen atoms in total. The molecule has 2 aromatic carbocycles. The van der Waals surface area contributed by atoms with E-state index in [4.69, 9.17) is 15.2 Å². The van der Waals surface area contributed by atoms with Gasteiger partial charge in [-0.3, -0.25) is 0 Å². The fraction of sp³-hybridized carbons (Fsp3) is 0.200. The summed E-state index contributed by atoms with van der Waals surface area (Å²) in [5.41, 5.74) is 7.70. The van der Waals surface area contributed by atoms with Gasteiger partial charge in [-0.25, -0.2) is 4.39 Å². The maximum Gasteiger partial charge on any atom is 0.163 e. The highest BCUT2D eigenvalue weighted by atomic mass is 127. The van der Waals surface area contributed by atoms with Gasteiger partial charge < -0.3 is 20.5 Å². The summed E-state index contributed by atoms with van der Waals surface area (Å²) in [6, 6.07) is 8.50. The predicted molar refractivity (Wildman–Crippen MR) is 88.9 cm³/mol. The van der Waals surface area contributed by atoms with Crippen molar-refractivity contribution in [3.8, 4) is 11.5 Å². The number of ether oxygens (including phenoxy) is 2. The van der Waals surface area contributed by atoms with Crippen molar-refractivity contribution in [3.63, 3.8) is 0 Å². The molecule has 0 amide bonds. The second-order valence-corrected chi connectivity index (χ2v) is 5.85. The second kappa shape index (κ2) is 5.97. The molecule has 1 heterocycles. The molecule has 0 unspecified atom stereocenters. The Morgan fingerprint density at radius 2 is 1.86 bits per heavy atom. The van der Waals surface area contributed by atoms with E-state index in [1.807, 2.05) is 40.8 Å². The highest BCUT2D eigenvalue weighted by molar-refractivity contribution is 14.1. The molecule has 2 aromatic rings. The van der Waals surface area contributed by atoms with Crippen LogP contribution < -0.4 is 20.5 Å². The molecule has 6 heteroatoms. The second-order valence-electron chi connectivity index (χ2n) is 4.69. The maximum atomic E-state index is 13.6. The van der Waals surface area contributed by atoms with E-state index in [9.17, 15) is 4.39 Å². The Hall–Kier alpha value is -1.70. The molecule has 3 N–H and O–H groups in total. The maximum absolute atomic E-state index is 13.6. The number of nitrogens with one attached hydrogen (secondary N) is 1. The zero-order valence-electron chi connectivity index (χ0n) is 11.2. The van der Waals surface area contributed by atoms with Crippen molar-refractivity contribution in [2.45, 2.75) is 6.42 Å². The van der Waals surface area contributed by atoms with E-state index in [0.29, 0.717) is 33.9 Å². The Bertz CT molecular complexity index is 679. The zero-order valence-corrected chi connectivity index (χ0v) is 13.3. The van der Waals surface area contributed by atoms with E-state index < -0.39 is 0 Å². The Kier molecular flexibility index (Phi) is 4.05. The van der Waals surface area contributed by atoms with E-state index in [1.54, 1.807) is 6.07 Å². The first-order valence-corrected chi connectivity index (χ1v) is 7.62. The van der Waals surface area contributed by atoms with Crippen LogP contribution >= 0.6 is 22.6 Å². The molecular formula is C15H14FIN2O2. The van der Waals surface area contributed by atoms with Gasteiger partial charge in [0, 0.05) is 24.2 Å². The highest BCUT2D eigenvalue weighted by Crippen LogP contribution is 2.34. The predicted octanol–water partition coefficient (Wildman–Crippen LogP) is 3.92. The monoisotopic (exact) mass is 400 g/mol. The van der Waals surface area contributed by atoms with Crippen LogP contribution in [0.4, 0.5) is 21.5 Å². The summed E-state index contributed by atoms with van der Waals surface area (Å²) in [5, 5.41) is 3.11. The number of anilines is 3. The van der Waals surface area contributed by atoms with Gasteiger partial charge in [-0.15, -0.1) is 0 Å². The normalized spacial score (nSPS) is 13.6. The third-order valence-electron chi connectivity index (χ3n) is 3.12. The lowest BCUT2D eigenvalue weighted by molar-refractivity contribution is 0.297. The first-order chi connectivity index (χ1) is 10.1. The van der Waals surface area contributed by atoms with Gasteiger partial charge in [0.1, 0.15) is 5.82 Å². The summed E-state index contributed by atoms with van der Waals surface area (Å²) in [6.07, 6.45) is 0.854. The summed E-state index contributed by atoms with van der Waals surface area (Å²) in [5.74, 6) is 1.10. The third kappa shape index (κ3) is 3.15. The molecule has 1 aliphatic heterocycles. The van der Waals surface area contributed by atoms with Crippen molar-refractivity contribution in [2.75, 3.05) is 24.3 Å². The van der Waals surface area contributed by atoms with Crippen LogP contribution in [0.15, 0.2) is 30.3 Å². The van der Waals surface area contributed by atoms with Gasteiger partial charge in [-0.2, -0.15) is 0 Å². The number of hydrogen-bond donors (Lipinski definition) is 2. The van der Waals surface area contributed by atoms with Gasteiger partial charge in [0.2, 0.25) is 0 Å². The largest absolute Gasteiger partial charge is 0.490 e. The standard InChI is InChI=1S/C15H14FIN2O2/c16-10-7-13(12(18)8-11(10)17)19-9-2-3-14-15(6-9)21-5-1-4-20-14/h2-3,6-8,19H,1,4-5,18H2. The summed E-state index contributed by atoms with van der Waals surface area (Å²) in [7, 11) is 0. The lowest BCUT2D eigenvalue weighted by Gasteiger charge is -2.13. The number of fused-ring (bicyclic) bond motifs is 1. The molecule has 0 saturated carbocycles. The van der Waals surface area contributed by atoms with Gasteiger partial charge in [0.25, 0.3) is 0 Å². The van der Waals surface area contributed by atoms with Crippen molar-refractivity contribution in [3.05, 3.63) is 39.7 Å². The van der Waals surface area contributed by atoms with Crippen LogP contribution in [0.2, 0.25) is 0 Å². The number of nitrogen functional groups attached to an aromatic ring is 1. The number of benzene rings is 2. The lowest BCUT2D eigenvalue weighted by Crippen LogP contribution is -1.99. The van der Waals surface area contributed by atoms with Crippen LogP contribution in [0.1, 0.15) is 6.42 Å². The minimum atomic E-state index is -0.304. The number of rotatable bonds is 2. The van der Waals surface area contributed by atoms with E-state index in [2.05, 4.69) is 5.32 Å². The van der Waals surface area contributed by atoms with Crippen molar-refractivity contribution >= 4 is 39.7 Å². The quantitative estimate of drug-likeness (QED) is 0.593. The molecule has 1 aliphatic rings. The Morgan fingerprint density at radius 3 is 2.67 bits per heavy atom. The van der Waals surface area contributed by atoms with Crippen LogP contribution in [0.3, 0.4) is 0 Å². The van der Waals surface area contributed by atoms with Crippen molar-refractivity contribution < 1.29 is 13.9 Å². The molecule has 0 aliphatic carbocycles. The minimum absolute atomic E-state index is 0.304. The highest BCUT2D eigenvalue weighted by Gasteiger charge is 2.12. The molecule has 3 rings (SSSR count). The smallest absolute Gasteiger partial charge is 0.163 e. The van der Waals surface area contributed by atoms with Crippen LogP contribution in [0.25, 0.3) is 0 Å². The summed E-state index contributed by atoms with van der Waals surface area (Å²) in [6.45, 7) is 1.27. The fourth-order valence-corrected chi connectivity index (χ4v) is 2.56. The van der Waals surface area contributed by atoms with Crippen LogP contribution in [0.5, 0.6) is 11.5 Å². The SMILES string of the molecule is Nc1cc(I)c(F)cc1Nc1ccc2c(c1)OCCCO2. The number of nitrogens with two attached hydrogens (primary N) is 1. The van der Waals surface area contributed by atoms with Gasteiger partial charge >= 0.3 is 0 Å². The Morgan fingerprint density at radius 1 is 1.10 bits per heavy atom. The van der Waals surface area contributed by atoms with Crippen LogP contribution in [0, 0.1) is 9.39 Å². The third-order valence-corrected chi connectivity index (χ3v) is 3.95. The first kappa shape index (κ1) is 14.2. The lowest BCUT2D eigenvalue weighted by atomic mass is 10.2. The molecule has 0 fully saturated rings. The molecule has 0 saturated heterocycles. The van der Waals surface area contributed by atoms with Crippen molar-refractivity contribution in [1.82, 2.24) is 0 Å². The summed E-state index contributed by atoms with van der Waals surface area (Å²) in [4.78, 5) is 0. The summed E-state index contributed by atoms with van der Waals surface area (Å²) < 4.78 is 25.3. The molecule has 0 spiro atoms. The number of halogens is 2. The van der Waals surface area contributed by atoms with Crippen molar-refractivity contribution in [2.24, 2.45) is 0 Å². The molecule has 110 valence electrons. The van der Waals surface area contributed by atoms with E-state index in [1.165, 1.54) is 6.07 Å². The zero-order chi connectivity index (χ0) is 14.8. The molecule has 0 atom stereocenters. The molecule has 21 heavy (non-hydrogen) atoms. The topological polar surface area (TPSA) is 56.5 Å². The fourth-order valence-electron chi connectivity index (χ4n) is 2.07. The molecule has 0 aromatic heterocycles.